The lowest BCUT2D eigenvalue weighted by atomic mass is 9.80. The highest BCUT2D eigenvalue weighted by atomic mass is 32.2. The number of fused-ring (bicyclic) bond motifs is 3. The highest BCUT2D eigenvalue weighted by molar-refractivity contribution is 7.92. The molecule has 1 aromatic heterocycles. The zero-order valence-corrected chi connectivity index (χ0v) is 17.4. The van der Waals surface area contributed by atoms with Crippen molar-refractivity contribution in [3.8, 4) is 0 Å². The second-order valence-electron chi connectivity index (χ2n) is 8.03. The number of benzene rings is 1. The van der Waals surface area contributed by atoms with Crippen LogP contribution in [0.5, 0.6) is 0 Å². The fourth-order valence-corrected chi connectivity index (χ4v) is 7.02. The van der Waals surface area contributed by atoms with Gasteiger partial charge >= 0.3 is 18.0 Å². The lowest BCUT2D eigenvalue weighted by Gasteiger charge is -2.39. The van der Waals surface area contributed by atoms with E-state index < -0.39 is 50.0 Å². The summed E-state index contributed by atoms with van der Waals surface area (Å²) in [4.78, 5) is 3.43. The quantitative estimate of drug-likeness (QED) is 0.499. The third kappa shape index (κ3) is 3.26. The van der Waals surface area contributed by atoms with Crippen molar-refractivity contribution < 1.29 is 43.5 Å². The van der Waals surface area contributed by atoms with Crippen molar-refractivity contribution in [3.05, 3.63) is 59.2 Å². The monoisotopic (exact) mass is 500 g/mol. The molecule has 1 aromatic carbocycles. The molecule has 1 aliphatic carbocycles. The van der Waals surface area contributed by atoms with E-state index in [-0.39, 0.29) is 48.2 Å². The number of nitrogens with one attached hydrogen (secondary N) is 1. The molecule has 13 heteroatoms. The molecule has 4 nitrogen and oxygen atoms in total. The smallest absolute Gasteiger partial charge is 0.312 e. The molecular weight excluding hydrogens is 484 g/mol. The molecule has 2 heterocycles. The van der Waals surface area contributed by atoms with Crippen molar-refractivity contribution in [2.24, 2.45) is 0 Å². The maximum atomic E-state index is 14.6. The van der Waals surface area contributed by atoms with Crippen molar-refractivity contribution in [1.29, 1.82) is 0 Å². The van der Waals surface area contributed by atoms with Crippen molar-refractivity contribution in [1.82, 2.24) is 10.3 Å². The van der Waals surface area contributed by atoms with Gasteiger partial charge in [0.15, 0.2) is 9.84 Å². The Balaban J connectivity index is 1.92. The van der Waals surface area contributed by atoms with Crippen LogP contribution < -0.4 is 5.32 Å². The van der Waals surface area contributed by atoms with Crippen LogP contribution >= 0.6 is 0 Å². The van der Waals surface area contributed by atoms with Gasteiger partial charge in [-0.15, -0.1) is 0 Å². The van der Waals surface area contributed by atoms with E-state index in [1.165, 1.54) is 0 Å². The van der Waals surface area contributed by atoms with E-state index in [4.69, 9.17) is 0 Å². The first-order valence-corrected chi connectivity index (χ1v) is 11.2. The van der Waals surface area contributed by atoms with Crippen molar-refractivity contribution >= 4 is 9.84 Å². The van der Waals surface area contributed by atoms with Crippen molar-refractivity contribution in [3.63, 3.8) is 0 Å². The summed E-state index contributed by atoms with van der Waals surface area (Å²) in [6, 6.07) is 3.56. The molecule has 1 N–H and O–H groups in total. The number of halogens is 8. The minimum atomic E-state index is -6.31. The standard InChI is InChI=1S/C20H16F8N2O2S/c21-13-2-4-14(5-3-13)33(31,32)17-7-8-29-15(17)6-1-11-9-12(10-30-16(11)17)18(22,19(23,24)25)20(26,27)28/h2-5,9-10,15,29H,1,6-8H2/t15-,17+/m1/s1. The van der Waals surface area contributed by atoms with E-state index in [2.05, 4.69) is 10.3 Å². The van der Waals surface area contributed by atoms with Gasteiger partial charge in [-0.25, -0.2) is 17.2 Å². The van der Waals surface area contributed by atoms with E-state index in [0.29, 0.717) is 6.07 Å². The summed E-state index contributed by atoms with van der Waals surface area (Å²) in [6.07, 6.45) is -12.7. The minimum absolute atomic E-state index is 0.0515. The average molecular weight is 500 g/mol. The van der Waals surface area contributed by atoms with Gasteiger partial charge in [0.05, 0.1) is 10.6 Å². The van der Waals surface area contributed by atoms with Gasteiger partial charge in [0.1, 0.15) is 10.6 Å². The van der Waals surface area contributed by atoms with Crippen LogP contribution in [0.1, 0.15) is 29.7 Å². The molecule has 1 aliphatic heterocycles. The molecule has 4 rings (SSSR count). The molecule has 0 radical (unpaired) electrons. The van der Waals surface area contributed by atoms with E-state index in [1.807, 2.05) is 0 Å². The second kappa shape index (κ2) is 7.36. The molecule has 2 aliphatic rings. The molecule has 33 heavy (non-hydrogen) atoms. The van der Waals surface area contributed by atoms with Crippen LogP contribution in [0.25, 0.3) is 0 Å². The first-order chi connectivity index (χ1) is 15.2. The number of hydrogen-bond donors (Lipinski definition) is 1. The highest BCUT2D eigenvalue weighted by Gasteiger charge is 2.74. The van der Waals surface area contributed by atoms with Gasteiger partial charge in [-0.3, -0.25) is 4.98 Å². The largest absolute Gasteiger partial charge is 0.436 e. The molecule has 2 atom stereocenters. The first kappa shape index (κ1) is 23.9. The van der Waals surface area contributed by atoms with E-state index >= 15 is 0 Å². The predicted molar refractivity (Wildman–Crippen MR) is 99.1 cm³/mol. The summed E-state index contributed by atoms with van der Waals surface area (Å²) >= 11 is 0. The summed E-state index contributed by atoms with van der Waals surface area (Å²) in [5.41, 5.74) is -7.88. The van der Waals surface area contributed by atoms with Crippen molar-refractivity contribution in [2.75, 3.05) is 6.54 Å². The molecule has 2 aromatic rings. The second-order valence-corrected chi connectivity index (χ2v) is 10.2. The number of alkyl halides is 7. The van der Waals surface area contributed by atoms with Crippen LogP contribution in [0.15, 0.2) is 41.4 Å². The van der Waals surface area contributed by atoms with Crippen molar-refractivity contribution in [2.45, 2.75) is 53.0 Å². The Morgan fingerprint density at radius 3 is 2.18 bits per heavy atom. The Kier molecular flexibility index (Phi) is 5.32. The Bertz CT molecular complexity index is 1160. The number of sulfone groups is 1. The SMILES string of the molecule is O=S(=O)(c1ccc(F)cc1)[C@@]12CCN[C@@H]1CCc1cc(C(F)(C(F)(F)F)C(F)(F)F)cnc12. The molecule has 1 fully saturated rings. The number of nitrogens with zero attached hydrogens (tertiary/aromatic N) is 1. The van der Waals surface area contributed by atoms with Gasteiger partial charge in [-0.2, -0.15) is 26.3 Å². The molecule has 0 amide bonds. The predicted octanol–water partition coefficient (Wildman–Crippen LogP) is 4.49. The number of aromatic nitrogens is 1. The number of rotatable bonds is 3. The van der Waals surface area contributed by atoms with E-state index in [1.54, 1.807) is 0 Å². The molecule has 180 valence electrons. The molecule has 0 bridgehead atoms. The zero-order valence-electron chi connectivity index (χ0n) is 16.6. The molecule has 1 saturated heterocycles. The summed E-state index contributed by atoms with van der Waals surface area (Å²) in [6.45, 7) is 0.187. The molecular formula is C20H16F8N2O2S. The Labute approximate surface area is 182 Å². The van der Waals surface area contributed by atoms with Crippen LogP contribution in [0.3, 0.4) is 0 Å². The summed E-state index contributed by atoms with van der Waals surface area (Å²) < 4.78 is 132. The van der Waals surface area contributed by atoms with Gasteiger partial charge in [-0.05, 0) is 61.7 Å². The average Bonchev–Trinajstić information content (AvgIpc) is 3.17. The number of hydrogen-bond acceptors (Lipinski definition) is 4. The Morgan fingerprint density at radius 1 is 1.00 bits per heavy atom. The van der Waals surface area contributed by atoms with Crippen LogP contribution in [0.2, 0.25) is 0 Å². The summed E-state index contributed by atoms with van der Waals surface area (Å²) in [5.74, 6) is -0.696. The maximum Gasteiger partial charge on any atom is 0.436 e. The lowest BCUT2D eigenvalue weighted by Crippen LogP contribution is -2.52. The van der Waals surface area contributed by atoms with Crippen LogP contribution in [0.4, 0.5) is 35.1 Å². The van der Waals surface area contributed by atoms with Gasteiger partial charge < -0.3 is 5.32 Å². The summed E-state index contributed by atoms with van der Waals surface area (Å²) in [7, 11) is -4.33. The highest BCUT2D eigenvalue weighted by Crippen LogP contribution is 2.55. The third-order valence-electron chi connectivity index (χ3n) is 6.30. The molecule has 0 saturated carbocycles. The van der Waals surface area contributed by atoms with Gasteiger partial charge in [-0.1, -0.05) is 0 Å². The molecule has 0 spiro atoms. The van der Waals surface area contributed by atoms with Crippen LogP contribution in [-0.2, 0) is 26.7 Å². The normalized spacial score (nSPS) is 23.8. The summed E-state index contributed by atoms with van der Waals surface area (Å²) in [5, 5.41) is 2.99. The number of pyridine rings is 1. The topological polar surface area (TPSA) is 59.1 Å². The fourth-order valence-electron chi connectivity index (χ4n) is 4.72. The Morgan fingerprint density at radius 2 is 1.61 bits per heavy atom. The van der Waals surface area contributed by atoms with E-state index in [9.17, 15) is 43.5 Å². The zero-order chi connectivity index (χ0) is 24.4. The van der Waals surface area contributed by atoms with Crippen LogP contribution in [0, 0.1) is 5.82 Å². The van der Waals surface area contributed by atoms with Gasteiger partial charge in [0, 0.05) is 17.8 Å². The van der Waals surface area contributed by atoms with Gasteiger partial charge in [0.2, 0.25) is 0 Å². The molecule has 0 unspecified atom stereocenters. The van der Waals surface area contributed by atoms with E-state index in [0.717, 1.165) is 24.3 Å². The Hall–Kier alpha value is -2.28. The number of aryl methyl sites for hydroxylation is 1. The maximum absolute atomic E-state index is 14.6. The van der Waals surface area contributed by atoms with Gasteiger partial charge in [0.25, 0.3) is 0 Å². The minimum Gasteiger partial charge on any atom is -0.312 e. The third-order valence-corrected chi connectivity index (χ3v) is 8.84. The van der Waals surface area contributed by atoms with Crippen LogP contribution in [-0.4, -0.2) is 38.3 Å². The first-order valence-electron chi connectivity index (χ1n) is 9.72. The lowest BCUT2D eigenvalue weighted by molar-refractivity contribution is -0.348. The fraction of sp³-hybridized carbons (Fsp3) is 0.450.